The van der Waals surface area contributed by atoms with Crippen LogP contribution in [0.25, 0.3) is 0 Å². The second-order valence-corrected chi connectivity index (χ2v) is 3.25. The van der Waals surface area contributed by atoms with Gasteiger partial charge in [-0.15, -0.1) is 0 Å². The molecule has 0 atom stereocenters. The number of hydrogen-bond donors (Lipinski definition) is 0. The van der Waals surface area contributed by atoms with Crippen molar-refractivity contribution in [2.24, 2.45) is 0 Å². The number of nitrogens with zero attached hydrogens (tertiary/aromatic N) is 1. The minimum atomic E-state index is -5.07. The second-order valence-electron chi connectivity index (χ2n) is 3.25. The van der Waals surface area contributed by atoms with Crippen LogP contribution in [0.1, 0.15) is 28.0 Å². The summed E-state index contributed by atoms with van der Waals surface area (Å²) in [6, 6.07) is 0. The maximum absolute atomic E-state index is 12.9. The van der Waals surface area contributed by atoms with Crippen molar-refractivity contribution in [1.29, 1.82) is 0 Å². The molecule has 0 spiro atoms. The number of carbonyl (C=O) groups is 1. The van der Waals surface area contributed by atoms with Gasteiger partial charge < -0.3 is 9.47 Å². The van der Waals surface area contributed by atoms with Crippen molar-refractivity contribution in [2.75, 3.05) is 14.2 Å². The average molecular weight is 285 g/mol. The van der Waals surface area contributed by atoms with E-state index in [0.717, 1.165) is 14.2 Å². The quantitative estimate of drug-likeness (QED) is 0.633. The van der Waals surface area contributed by atoms with E-state index in [9.17, 15) is 26.7 Å². The van der Waals surface area contributed by atoms with Gasteiger partial charge in [0.2, 0.25) is 0 Å². The number of ether oxygens (including phenoxy) is 2. The molecule has 1 aromatic rings. The van der Waals surface area contributed by atoms with E-state index in [2.05, 4.69) is 14.5 Å². The van der Waals surface area contributed by atoms with E-state index in [-0.39, 0.29) is 0 Å². The monoisotopic (exact) mass is 285 g/mol. The maximum Gasteiger partial charge on any atom is 0.434 e. The Labute approximate surface area is 104 Å². The molecule has 1 heterocycles. The van der Waals surface area contributed by atoms with Crippen molar-refractivity contribution in [3.63, 3.8) is 0 Å². The SMILES string of the molecule is COC(=O)c1c(C(F)(F)F)ncc(OC)c1C(F)F. The third-order valence-electron chi connectivity index (χ3n) is 2.18. The Morgan fingerprint density at radius 2 is 1.89 bits per heavy atom. The topological polar surface area (TPSA) is 48.4 Å². The van der Waals surface area contributed by atoms with Crippen LogP contribution in [-0.4, -0.2) is 25.2 Å². The van der Waals surface area contributed by atoms with Crippen LogP contribution < -0.4 is 4.74 Å². The van der Waals surface area contributed by atoms with E-state index in [1.54, 1.807) is 0 Å². The van der Waals surface area contributed by atoms with Crippen LogP contribution in [0.5, 0.6) is 5.75 Å². The summed E-state index contributed by atoms with van der Waals surface area (Å²) in [7, 11) is 1.74. The summed E-state index contributed by atoms with van der Waals surface area (Å²) in [6.07, 6.45) is -7.94. The number of carbonyl (C=O) groups excluding carboxylic acids is 1. The molecule has 0 saturated carbocycles. The fourth-order valence-corrected chi connectivity index (χ4v) is 1.41. The lowest BCUT2D eigenvalue weighted by Crippen LogP contribution is -2.19. The van der Waals surface area contributed by atoms with Gasteiger partial charge in [-0.3, -0.25) is 0 Å². The first kappa shape index (κ1) is 15.1. The second kappa shape index (κ2) is 5.37. The Hall–Kier alpha value is -1.93. The zero-order valence-corrected chi connectivity index (χ0v) is 9.72. The predicted molar refractivity (Wildman–Crippen MR) is 52.1 cm³/mol. The summed E-state index contributed by atoms with van der Waals surface area (Å²) < 4.78 is 72.3. The number of methoxy groups -OCH3 is 2. The first-order chi connectivity index (χ1) is 8.73. The largest absolute Gasteiger partial charge is 0.495 e. The highest BCUT2D eigenvalue weighted by Gasteiger charge is 2.41. The molecule has 0 aliphatic heterocycles. The minimum Gasteiger partial charge on any atom is -0.495 e. The number of pyridine rings is 1. The first-order valence-electron chi connectivity index (χ1n) is 4.74. The summed E-state index contributed by atoms with van der Waals surface area (Å²) in [5.41, 5.74) is -4.28. The predicted octanol–water partition coefficient (Wildman–Crippen LogP) is 2.83. The Morgan fingerprint density at radius 1 is 1.32 bits per heavy atom. The van der Waals surface area contributed by atoms with Gasteiger partial charge >= 0.3 is 12.1 Å². The van der Waals surface area contributed by atoms with Gasteiger partial charge in [0.1, 0.15) is 11.3 Å². The molecule has 9 heteroatoms. The van der Waals surface area contributed by atoms with E-state index in [1.165, 1.54) is 0 Å². The van der Waals surface area contributed by atoms with Gasteiger partial charge in [0, 0.05) is 0 Å². The van der Waals surface area contributed by atoms with Crippen LogP contribution in [-0.2, 0) is 10.9 Å². The standard InChI is InChI=1S/C10H8F5NO3/c1-18-4-3-16-7(10(13,14)15)6(9(17)19-2)5(4)8(11)12/h3,8H,1-2H3. The lowest BCUT2D eigenvalue weighted by atomic mass is 10.1. The molecule has 0 fully saturated rings. The molecule has 1 rings (SSSR count). The molecule has 4 nitrogen and oxygen atoms in total. The Morgan fingerprint density at radius 3 is 2.26 bits per heavy atom. The zero-order chi connectivity index (χ0) is 14.8. The normalized spacial score (nSPS) is 11.6. The molecular weight excluding hydrogens is 277 g/mol. The molecule has 0 bridgehead atoms. The van der Waals surface area contributed by atoms with Gasteiger partial charge in [-0.05, 0) is 0 Å². The van der Waals surface area contributed by atoms with Crippen molar-refractivity contribution >= 4 is 5.97 Å². The van der Waals surface area contributed by atoms with E-state index in [0.29, 0.717) is 6.20 Å². The highest BCUT2D eigenvalue weighted by molar-refractivity contribution is 5.93. The van der Waals surface area contributed by atoms with Crippen LogP contribution >= 0.6 is 0 Å². The molecule has 0 amide bonds. The van der Waals surface area contributed by atoms with Gasteiger partial charge in [-0.25, -0.2) is 18.6 Å². The first-order valence-corrected chi connectivity index (χ1v) is 4.74. The molecule has 0 aliphatic rings. The van der Waals surface area contributed by atoms with Gasteiger partial charge in [-0.2, -0.15) is 13.2 Å². The van der Waals surface area contributed by atoms with Crippen LogP contribution in [0.4, 0.5) is 22.0 Å². The fourth-order valence-electron chi connectivity index (χ4n) is 1.41. The molecule has 1 aromatic heterocycles. The molecule has 0 N–H and O–H groups in total. The molecule has 0 unspecified atom stereocenters. The highest BCUT2D eigenvalue weighted by atomic mass is 19.4. The molecule has 106 valence electrons. The summed E-state index contributed by atoms with van der Waals surface area (Å²) in [4.78, 5) is 14.3. The number of esters is 1. The highest BCUT2D eigenvalue weighted by Crippen LogP contribution is 2.39. The average Bonchev–Trinajstić information content (AvgIpc) is 2.34. The molecule has 0 aliphatic carbocycles. The van der Waals surface area contributed by atoms with Crippen molar-refractivity contribution in [1.82, 2.24) is 4.98 Å². The number of halogens is 5. The van der Waals surface area contributed by atoms with E-state index >= 15 is 0 Å². The Bertz CT molecular complexity index is 487. The van der Waals surface area contributed by atoms with Gasteiger partial charge in [0.25, 0.3) is 6.43 Å². The lowest BCUT2D eigenvalue weighted by Gasteiger charge is -2.16. The van der Waals surface area contributed by atoms with Crippen LogP contribution in [0, 0.1) is 0 Å². The fraction of sp³-hybridized carbons (Fsp3) is 0.400. The third kappa shape index (κ3) is 2.91. The Balaban J connectivity index is 3.69. The number of rotatable bonds is 3. The van der Waals surface area contributed by atoms with Crippen LogP contribution in [0.3, 0.4) is 0 Å². The molecular formula is C10H8F5NO3. The van der Waals surface area contributed by atoms with Gasteiger partial charge in [0.05, 0.1) is 26.0 Å². The van der Waals surface area contributed by atoms with Crippen molar-refractivity contribution in [3.8, 4) is 5.75 Å². The van der Waals surface area contributed by atoms with Crippen molar-refractivity contribution < 1.29 is 36.2 Å². The lowest BCUT2D eigenvalue weighted by molar-refractivity contribution is -0.141. The van der Waals surface area contributed by atoms with Crippen molar-refractivity contribution in [2.45, 2.75) is 12.6 Å². The van der Waals surface area contributed by atoms with E-state index < -0.39 is 41.1 Å². The number of aromatic nitrogens is 1. The molecule has 19 heavy (non-hydrogen) atoms. The summed E-state index contributed by atoms with van der Waals surface area (Å²) >= 11 is 0. The summed E-state index contributed by atoms with van der Waals surface area (Å²) in [5, 5.41) is 0. The number of hydrogen-bond acceptors (Lipinski definition) is 4. The molecule has 0 radical (unpaired) electrons. The van der Waals surface area contributed by atoms with Gasteiger partial charge in [-0.1, -0.05) is 0 Å². The molecule has 0 aromatic carbocycles. The van der Waals surface area contributed by atoms with Gasteiger partial charge in [0.15, 0.2) is 5.69 Å². The van der Waals surface area contributed by atoms with Crippen LogP contribution in [0.15, 0.2) is 6.20 Å². The molecule has 0 saturated heterocycles. The minimum absolute atomic E-state index is 0.483. The summed E-state index contributed by atoms with van der Waals surface area (Å²) in [5.74, 6) is -2.18. The maximum atomic E-state index is 12.9. The summed E-state index contributed by atoms with van der Waals surface area (Å²) in [6.45, 7) is 0. The Kier molecular flexibility index (Phi) is 4.28. The third-order valence-corrected chi connectivity index (χ3v) is 2.18. The number of alkyl halides is 5. The van der Waals surface area contributed by atoms with Crippen LogP contribution in [0.2, 0.25) is 0 Å². The van der Waals surface area contributed by atoms with E-state index in [1.807, 2.05) is 0 Å². The van der Waals surface area contributed by atoms with Crippen molar-refractivity contribution in [3.05, 3.63) is 23.0 Å². The smallest absolute Gasteiger partial charge is 0.434 e. The van der Waals surface area contributed by atoms with E-state index in [4.69, 9.17) is 0 Å². The zero-order valence-electron chi connectivity index (χ0n) is 9.72.